The van der Waals surface area contributed by atoms with Crippen molar-refractivity contribution < 1.29 is 4.42 Å². The molecule has 3 heterocycles. The van der Waals surface area contributed by atoms with Gasteiger partial charge in [0.2, 0.25) is 5.89 Å². The lowest BCUT2D eigenvalue weighted by atomic mass is 10.1. The predicted octanol–water partition coefficient (Wildman–Crippen LogP) is 2.05. The van der Waals surface area contributed by atoms with E-state index in [1.165, 1.54) is 18.4 Å². The molecule has 0 spiro atoms. The van der Waals surface area contributed by atoms with Crippen LogP contribution < -0.4 is 10.6 Å². The number of rotatable bonds is 3. The number of aromatic nitrogens is 1. The van der Waals surface area contributed by atoms with Crippen LogP contribution in [-0.4, -0.2) is 42.6 Å². The summed E-state index contributed by atoms with van der Waals surface area (Å²) in [4.78, 5) is 7.22. The van der Waals surface area contributed by atoms with E-state index in [1.54, 1.807) is 0 Å². The second-order valence-electron chi connectivity index (χ2n) is 6.38. The molecular weight excluding hydrogens is 276 g/mol. The number of benzene rings is 1. The number of piperidine rings is 1. The highest BCUT2D eigenvalue weighted by Gasteiger charge is 2.20. The quantitative estimate of drug-likeness (QED) is 0.908. The Kier molecular flexibility index (Phi) is 4.10. The number of hydrogen-bond acceptors (Lipinski definition) is 5. The van der Waals surface area contributed by atoms with Crippen LogP contribution in [-0.2, 0) is 6.54 Å². The van der Waals surface area contributed by atoms with Gasteiger partial charge >= 0.3 is 0 Å². The lowest BCUT2D eigenvalue weighted by Gasteiger charge is -2.27. The van der Waals surface area contributed by atoms with Crippen molar-refractivity contribution in [1.82, 2.24) is 20.5 Å². The van der Waals surface area contributed by atoms with E-state index in [9.17, 15) is 0 Å². The normalized spacial score (nSPS) is 23.9. The molecule has 2 aliphatic heterocycles. The maximum atomic E-state index is 5.96. The first kappa shape index (κ1) is 14.2. The van der Waals surface area contributed by atoms with E-state index in [2.05, 4.69) is 33.7 Å². The Balaban J connectivity index is 1.52. The third-order valence-electron chi connectivity index (χ3n) is 4.69. The van der Waals surface area contributed by atoms with Crippen LogP contribution in [0.3, 0.4) is 0 Å². The minimum absolute atomic E-state index is 0.290. The molecule has 1 unspecified atom stereocenters. The molecule has 2 N–H and O–H groups in total. The van der Waals surface area contributed by atoms with Gasteiger partial charge in [-0.15, -0.1) is 0 Å². The molecule has 2 aliphatic rings. The Labute approximate surface area is 131 Å². The second kappa shape index (κ2) is 6.36. The summed E-state index contributed by atoms with van der Waals surface area (Å²) in [5.41, 5.74) is 3.23. The molecule has 5 heteroatoms. The Bertz CT molecular complexity index is 627. The van der Waals surface area contributed by atoms with Crippen molar-refractivity contribution >= 4 is 11.1 Å². The third-order valence-corrected chi connectivity index (χ3v) is 4.69. The largest absolute Gasteiger partial charge is 0.439 e. The van der Waals surface area contributed by atoms with Crippen LogP contribution in [0.1, 0.15) is 36.8 Å². The molecule has 1 aromatic carbocycles. The Morgan fingerprint density at radius 2 is 2.09 bits per heavy atom. The molecule has 1 aromatic heterocycles. The van der Waals surface area contributed by atoms with Crippen LogP contribution in [0.15, 0.2) is 22.6 Å². The molecule has 0 aliphatic carbocycles. The number of piperazine rings is 1. The van der Waals surface area contributed by atoms with E-state index in [4.69, 9.17) is 9.40 Å². The van der Waals surface area contributed by atoms with Gasteiger partial charge in [-0.25, -0.2) is 4.98 Å². The fraction of sp³-hybridized carbons (Fsp3) is 0.588. The van der Waals surface area contributed by atoms with E-state index in [1.807, 2.05) is 0 Å². The Hall–Kier alpha value is -1.43. The van der Waals surface area contributed by atoms with Crippen LogP contribution in [0.2, 0.25) is 0 Å². The highest BCUT2D eigenvalue weighted by Crippen LogP contribution is 2.26. The molecule has 2 saturated heterocycles. The molecule has 0 amide bonds. The van der Waals surface area contributed by atoms with E-state index >= 15 is 0 Å². The predicted molar refractivity (Wildman–Crippen MR) is 86.8 cm³/mol. The van der Waals surface area contributed by atoms with Crippen LogP contribution >= 0.6 is 0 Å². The van der Waals surface area contributed by atoms with Crippen molar-refractivity contribution in [3.63, 3.8) is 0 Å². The van der Waals surface area contributed by atoms with E-state index in [-0.39, 0.29) is 6.04 Å². The molecule has 0 radical (unpaired) electrons. The molecule has 2 fully saturated rings. The van der Waals surface area contributed by atoms with Gasteiger partial charge in [0, 0.05) is 32.7 Å². The standard InChI is InChI=1S/C17H24N4O/c1-2-6-19-14(3-1)17-20-15-11-13(4-5-16(15)22-17)12-21-9-7-18-8-10-21/h4-5,11,14,18-19H,1-3,6-10,12H2. The van der Waals surface area contributed by atoms with Gasteiger partial charge in [0.15, 0.2) is 5.58 Å². The fourth-order valence-corrected chi connectivity index (χ4v) is 3.43. The number of fused-ring (bicyclic) bond motifs is 1. The molecule has 1 atom stereocenters. The van der Waals surface area contributed by atoms with Crippen molar-refractivity contribution in [2.75, 3.05) is 32.7 Å². The average Bonchev–Trinajstić information content (AvgIpc) is 3.00. The molecule has 0 saturated carbocycles. The second-order valence-corrected chi connectivity index (χ2v) is 6.38. The summed E-state index contributed by atoms with van der Waals surface area (Å²) in [6, 6.07) is 6.73. The smallest absolute Gasteiger partial charge is 0.212 e. The summed E-state index contributed by atoms with van der Waals surface area (Å²) in [7, 11) is 0. The van der Waals surface area contributed by atoms with Gasteiger partial charge in [-0.1, -0.05) is 12.5 Å². The SMILES string of the molecule is c1cc2oc(C3CCCCN3)nc2cc1CN1CCNCC1. The summed E-state index contributed by atoms with van der Waals surface area (Å²) < 4.78 is 5.96. The van der Waals surface area contributed by atoms with Gasteiger partial charge in [-0.2, -0.15) is 0 Å². The minimum Gasteiger partial charge on any atom is -0.439 e. The number of nitrogens with one attached hydrogen (secondary N) is 2. The first-order valence-electron chi connectivity index (χ1n) is 8.44. The summed E-state index contributed by atoms with van der Waals surface area (Å²) in [6.07, 6.45) is 3.64. The Morgan fingerprint density at radius 1 is 1.18 bits per heavy atom. The molecule has 2 aromatic rings. The Morgan fingerprint density at radius 3 is 2.91 bits per heavy atom. The maximum Gasteiger partial charge on any atom is 0.212 e. The summed E-state index contributed by atoms with van der Waals surface area (Å²) >= 11 is 0. The van der Waals surface area contributed by atoms with E-state index in [0.717, 1.165) is 62.7 Å². The molecule has 0 bridgehead atoms. The molecule has 118 valence electrons. The molecular formula is C17H24N4O. The number of hydrogen-bond donors (Lipinski definition) is 2. The van der Waals surface area contributed by atoms with Gasteiger partial charge in [-0.05, 0) is 37.1 Å². The number of oxazole rings is 1. The summed E-state index contributed by atoms with van der Waals surface area (Å²) in [6.45, 7) is 6.48. The highest BCUT2D eigenvalue weighted by molar-refractivity contribution is 5.73. The van der Waals surface area contributed by atoms with E-state index in [0.29, 0.717) is 0 Å². The number of nitrogens with zero attached hydrogens (tertiary/aromatic N) is 2. The van der Waals surface area contributed by atoms with Gasteiger partial charge in [0.25, 0.3) is 0 Å². The van der Waals surface area contributed by atoms with Crippen molar-refractivity contribution in [2.24, 2.45) is 0 Å². The van der Waals surface area contributed by atoms with Crippen molar-refractivity contribution in [3.05, 3.63) is 29.7 Å². The first-order chi connectivity index (χ1) is 10.9. The lowest BCUT2D eigenvalue weighted by molar-refractivity contribution is 0.233. The molecule has 4 rings (SSSR count). The van der Waals surface area contributed by atoms with Crippen LogP contribution in [0.4, 0.5) is 0 Å². The lowest BCUT2D eigenvalue weighted by Crippen LogP contribution is -2.42. The molecule has 22 heavy (non-hydrogen) atoms. The van der Waals surface area contributed by atoms with Gasteiger partial charge < -0.3 is 15.1 Å². The van der Waals surface area contributed by atoms with E-state index < -0.39 is 0 Å². The van der Waals surface area contributed by atoms with Gasteiger partial charge in [0.1, 0.15) is 5.52 Å². The van der Waals surface area contributed by atoms with Crippen molar-refractivity contribution in [1.29, 1.82) is 0 Å². The monoisotopic (exact) mass is 300 g/mol. The molecule has 5 nitrogen and oxygen atoms in total. The average molecular weight is 300 g/mol. The topological polar surface area (TPSA) is 53.3 Å². The van der Waals surface area contributed by atoms with Crippen LogP contribution in [0.25, 0.3) is 11.1 Å². The fourth-order valence-electron chi connectivity index (χ4n) is 3.43. The third kappa shape index (κ3) is 3.02. The highest BCUT2D eigenvalue weighted by atomic mass is 16.3. The summed E-state index contributed by atoms with van der Waals surface area (Å²) in [5.74, 6) is 0.856. The van der Waals surface area contributed by atoms with Crippen molar-refractivity contribution in [2.45, 2.75) is 31.8 Å². The maximum absolute atomic E-state index is 5.96. The van der Waals surface area contributed by atoms with Crippen LogP contribution in [0, 0.1) is 0 Å². The zero-order valence-electron chi connectivity index (χ0n) is 13.0. The first-order valence-corrected chi connectivity index (χ1v) is 8.44. The summed E-state index contributed by atoms with van der Waals surface area (Å²) in [5, 5.41) is 6.90. The van der Waals surface area contributed by atoms with Gasteiger partial charge in [0.05, 0.1) is 6.04 Å². The van der Waals surface area contributed by atoms with Crippen molar-refractivity contribution in [3.8, 4) is 0 Å². The zero-order chi connectivity index (χ0) is 14.8. The van der Waals surface area contributed by atoms with Crippen LogP contribution in [0.5, 0.6) is 0 Å². The minimum atomic E-state index is 0.290. The van der Waals surface area contributed by atoms with Gasteiger partial charge in [-0.3, -0.25) is 4.90 Å². The zero-order valence-corrected chi connectivity index (χ0v) is 13.0.